The average molecular weight is 628 g/mol. The molecular weight excluding hydrogens is 590 g/mol. The van der Waals surface area contributed by atoms with Crippen molar-refractivity contribution in [3.63, 3.8) is 0 Å². The van der Waals surface area contributed by atoms with Crippen LogP contribution in [0.5, 0.6) is 11.5 Å². The van der Waals surface area contributed by atoms with Gasteiger partial charge in [0.1, 0.15) is 6.61 Å². The van der Waals surface area contributed by atoms with E-state index < -0.39 is 36.5 Å². The predicted octanol–water partition coefficient (Wildman–Crippen LogP) is 4.40. The summed E-state index contributed by atoms with van der Waals surface area (Å²) in [6.07, 6.45) is 3.51. The second kappa shape index (κ2) is 14.5. The molecule has 1 aromatic heterocycles. The first kappa shape index (κ1) is 31.9. The lowest BCUT2D eigenvalue weighted by atomic mass is 10.1. The highest BCUT2D eigenvalue weighted by atomic mass is 16.7. The topological polar surface area (TPSA) is 166 Å². The molecule has 14 heteroatoms. The van der Waals surface area contributed by atoms with Gasteiger partial charge in [-0.1, -0.05) is 12.7 Å². The summed E-state index contributed by atoms with van der Waals surface area (Å²) in [7, 11) is 1.44. The fraction of sp³-hybridized carbons (Fsp3) is 0.484. The molecule has 0 saturated carbocycles. The Hall–Kier alpha value is -4.56. The highest BCUT2D eigenvalue weighted by Gasteiger charge is 2.47. The second-order valence-corrected chi connectivity index (χ2v) is 10.8. The van der Waals surface area contributed by atoms with Crippen LogP contribution in [0.4, 0.5) is 16.4 Å². The third-order valence-electron chi connectivity index (χ3n) is 7.75. The summed E-state index contributed by atoms with van der Waals surface area (Å²) in [6, 6.07) is 5.26. The molecule has 3 atom stereocenters. The molecule has 1 unspecified atom stereocenters. The molecule has 3 amide bonds. The molecule has 242 valence electrons. The number of ether oxygens (including phenoxy) is 5. The van der Waals surface area contributed by atoms with Crippen LogP contribution in [0.25, 0.3) is 0 Å². The average Bonchev–Trinajstić information content (AvgIpc) is 3.71. The van der Waals surface area contributed by atoms with Crippen LogP contribution >= 0.6 is 0 Å². The molecule has 1 aromatic carbocycles. The van der Waals surface area contributed by atoms with E-state index in [1.165, 1.54) is 30.2 Å². The Bertz CT molecular complexity index is 1420. The summed E-state index contributed by atoms with van der Waals surface area (Å²) in [4.78, 5) is 54.0. The molecule has 2 N–H and O–H groups in total. The summed E-state index contributed by atoms with van der Waals surface area (Å²) >= 11 is 0. The number of fused-ring (bicyclic) bond motifs is 2. The molecule has 0 aliphatic carbocycles. The van der Waals surface area contributed by atoms with E-state index in [-0.39, 0.29) is 66.4 Å². The quantitative estimate of drug-likeness (QED) is 0.253. The third kappa shape index (κ3) is 7.23. The maximum absolute atomic E-state index is 13.9. The Kier molecular flexibility index (Phi) is 10.2. The molecule has 45 heavy (non-hydrogen) atoms. The first-order valence-electron chi connectivity index (χ1n) is 14.9. The van der Waals surface area contributed by atoms with E-state index in [0.29, 0.717) is 26.0 Å². The van der Waals surface area contributed by atoms with Crippen molar-refractivity contribution in [1.29, 1.82) is 0 Å². The van der Waals surface area contributed by atoms with Gasteiger partial charge in [-0.3, -0.25) is 14.9 Å². The number of carbonyl (C=O) groups is 4. The number of benzene rings is 1. The number of amides is 3. The second-order valence-electron chi connectivity index (χ2n) is 10.8. The maximum atomic E-state index is 13.9. The normalized spacial score (nSPS) is 20.9. The highest BCUT2D eigenvalue weighted by molar-refractivity contribution is 6.06. The van der Waals surface area contributed by atoms with Crippen molar-refractivity contribution < 1.29 is 52.4 Å². The van der Waals surface area contributed by atoms with E-state index in [1.807, 2.05) is 0 Å². The van der Waals surface area contributed by atoms with E-state index in [0.717, 1.165) is 19.3 Å². The Labute approximate surface area is 259 Å². The van der Waals surface area contributed by atoms with E-state index in [9.17, 15) is 19.2 Å². The van der Waals surface area contributed by atoms with Gasteiger partial charge in [-0.25, -0.2) is 14.5 Å². The molecule has 14 nitrogen and oxygen atoms in total. The molecule has 5 rings (SSSR count). The first-order chi connectivity index (χ1) is 21.8. The maximum Gasteiger partial charge on any atom is 0.416 e. The van der Waals surface area contributed by atoms with Gasteiger partial charge in [0.2, 0.25) is 17.6 Å². The van der Waals surface area contributed by atoms with E-state index >= 15 is 0 Å². The van der Waals surface area contributed by atoms with Crippen molar-refractivity contribution in [3.05, 3.63) is 48.2 Å². The number of furan rings is 1. The minimum atomic E-state index is -1.24. The minimum absolute atomic E-state index is 0.0229. The van der Waals surface area contributed by atoms with Gasteiger partial charge >= 0.3 is 12.1 Å². The molecule has 2 saturated heterocycles. The fourth-order valence-electron chi connectivity index (χ4n) is 5.66. The number of hydrogen-bond acceptors (Lipinski definition) is 10. The van der Waals surface area contributed by atoms with Crippen LogP contribution in [0, 0.1) is 0 Å². The number of nitrogens with one attached hydrogen (secondary N) is 1. The molecule has 0 spiro atoms. The number of carbonyl (C=O) groups excluding carboxylic acids is 3. The van der Waals surface area contributed by atoms with Crippen LogP contribution in [0.1, 0.15) is 65.9 Å². The van der Waals surface area contributed by atoms with E-state index in [4.69, 9.17) is 33.2 Å². The lowest BCUT2D eigenvalue weighted by molar-refractivity contribution is -0.195. The van der Waals surface area contributed by atoms with Crippen molar-refractivity contribution in [2.75, 3.05) is 43.7 Å². The smallest absolute Gasteiger partial charge is 0.416 e. The van der Waals surface area contributed by atoms with Crippen molar-refractivity contribution in [3.8, 4) is 11.5 Å². The van der Waals surface area contributed by atoms with Crippen LogP contribution in [0.15, 0.2) is 41.3 Å². The molecule has 2 aromatic rings. The van der Waals surface area contributed by atoms with Gasteiger partial charge in [-0.15, -0.1) is 0 Å². The molecular formula is C31H37N3O11. The van der Waals surface area contributed by atoms with Gasteiger partial charge in [0.15, 0.2) is 24.0 Å². The number of methoxy groups -OCH3 is 1. The van der Waals surface area contributed by atoms with Crippen molar-refractivity contribution in [1.82, 2.24) is 4.90 Å². The minimum Gasteiger partial charge on any atom is -0.493 e. The number of carboxylic acid groups (broad SMARTS) is 1. The lowest BCUT2D eigenvalue weighted by Gasteiger charge is -2.38. The zero-order valence-electron chi connectivity index (χ0n) is 25.0. The van der Waals surface area contributed by atoms with Crippen molar-refractivity contribution >= 4 is 35.4 Å². The van der Waals surface area contributed by atoms with Gasteiger partial charge in [0, 0.05) is 31.7 Å². The standard InChI is InChI=1S/C31H37N3O11/c1-3-14-43-31(39)34-21-18-24(41-16-7-9-25(35)32-26-12-11-22(44-26)30(37)38)23(40-2)17-19(21)28(36)33-13-6-8-20(33)29(34)45-27-10-4-5-15-42-27/h3,11-12,17-18,20,27,29H,1,4-10,13-16H2,2H3,(H,32,35)(H,37,38)/t20-,27?,29-/m0/s1. The van der Waals surface area contributed by atoms with Crippen LogP contribution in [-0.2, 0) is 19.0 Å². The monoisotopic (exact) mass is 627 g/mol. The van der Waals surface area contributed by atoms with E-state index in [2.05, 4.69) is 11.9 Å². The van der Waals surface area contributed by atoms with Crippen LogP contribution in [-0.4, -0.2) is 85.9 Å². The van der Waals surface area contributed by atoms with Crippen LogP contribution < -0.4 is 19.7 Å². The van der Waals surface area contributed by atoms with Gasteiger partial charge in [-0.2, -0.15) is 0 Å². The molecule has 3 aliphatic rings. The van der Waals surface area contributed by atoms with Gasteiger partial charge in [0.25, 0.3) is 5.91 Å². The van der Waals surface area contributed by atoms with Crippen molar-refractivity contribution in [2.24, 2.45) is 0 Å². The van der Waals surface area contributed by atoms with Gasteiger partial charge in [-0.05, 0) is 50.7 Å². The molecule has 0 radical (unpaired) electrons. The summed E-state index contributed by atoms with van der Waals surface area (Å²) in [6.45, 7) is 4.72. The fourth-order valence-corrected chi connectivity index (χ4v) is 5.66. The Morgan fingerprint density at radius 1 is 1.16 bits per heavy atom. The lowest BCUT2D eigenvalue weighted by Crippen LogP contribution is -2.54. The Balaban J connectivity index is 1.38. The van der Waals surface area contributed by atoms with Crippen molar-refractivity contribution in [2.45, 2.75) is 63.5 Å². The van der Waals surface area contributed by atoms with Gasteiger partial charge in [0.05, 0.1) is 31.0 Å². The van der Waals surface area contributed by atoms with Crippen LogP contribution in [0.3, 0.4) is 0 Å². The molecule has 4 heterocycles. The summed E-state index contributed by atoms with van der Waals surface area (Å²) in [5.74, 6) is -1.65. The Morgan fingerprint density at radius 3 is 2.71 bits per heavy atom. The summed E-state index contributed by atoms with van der Waals surface area (Å²) in [5, 5.41) is 11.5. The zero-order chi connectivity index (χ0) is 31.9. The summed E-state index contributed by atoms with van der Waals surface area (Å²) in [5.41, 5.74) is 0.473. The predicted molar refractivity (Wildman–Crippen MR) is 159 cm³/mol. The number of hydrogen-bond donors (Lipinski definition) is 2. The zero-order valence-corrected chi connectivity index (χ0v) is 25.0. The molecule has 2 fully saturated rings. The SMILES string of the molecule is C=CCOC(=O)N1c2cc(OCCCC(=O)Nc3ccc(C(=O)O)o3)c(OC)cc2C(=O)N2CCC[C@H]2[C@@H]1OC1CCCCO1. The number of anilines is 2. The number of carboxylic acids is 1. The first-order valence-corrected chi connectivity index (χ1v) is 14.9. The van der Waals surface area contributed by atoms with Crippen LogP contribution in [0.2, 0.25) is 0 Å². The third-order valence-corrected chi connectivity index (χ3v) is 7.75. The largest absolute Gasteiger partial charge is 0.493 e. The van der Waals surface area contributed by atoms with E-state index in [1.54, 1.807) is 17.0 Å². The number of nitrogens with zero attached hydrogens (tertiary/aromatic N) is 2. The molecule has 0 bridgehead atoms. The number of aromatic carboxylic acids is 1. The van der Waals surface area contributed by atoms with Gasteiger partial charge < -0.3 is 38.1 Å². The molecule has 3 aliphatic heterocycles. The highest BCUT2D eigenvalue weighted by Crippen LogP contribution is 2.42. The Morgan fingerprint density at radius 2 is 2.00 bits per heavy atom. The summed E-state index contributed by atoms with van der Waals surface area (Å²) < 4.78 is 34.4. The number of rotatable bonds is 12.